The zero-order valence-corrected chi connectivity index (χ0v) is 82.7. The van der Waals surface area contributed by atoms with E-state index in [2.05, 4.69) is 132 Å². The lowest BCUT2D eigenvalue weighted by Gasteiger charge is -2.40. The molecule has 0 unspecified atom stereocenters. The van der Waals surface area contributed by atoms with E-state index in [1.807, 2.05) is 145 Å². The molecule has 8 fully saturated rings. The van der Waals surface area contributed by atoms with Gasteiger partial charge in [0.2, 0.25) is 0 Å². The van der Waals surface area contributed by atoms with E-state index in [1.165, 1.54) is 74.3 Å². The van der Waals surface area contributed by atoms with E-state index in [-0.39, 0.29) is 39.5 Å². The summed E-state index contributed by atoms with van der Waals surface area (Å²) in [7, 11) is 4.37. The fourth-order valence-electron chi connectivity index (χ4n) is 22.4. The highest BCUT2D eigenvalue weighted by atomic mass is 19.1. The molecule has 8 saturated heterocycles. The Kier molecular flexibility index (Phi) is 24.8. The number of aromatic nitrogens is 10. The number of piperazine rings is 5. The highest BCUT2D eigenvalue weighted by molar-refractivity contribution is 5.90. The summed E-state index contributed by atoms with van der Waals surface area (Å²) in [4.78, 5) is 107. The van der Waals surface area contributed by atoms with Crippen molar-refractivity contribution in [3.8, 4) is 56.3 Å². The number of anilines is 5. The van der Waals surface area contributed by atoms with Crippen LogP contribution in [0.25, 0.3) is 139 Å². The second-order valence-corrected chi connectivity index (χ2v) is 40.4. The lowest BCUT2D eigenvalue weighted by atomic mass is 10.1. The third kappa shape index (κ3) is 18.6. The Morgan fingerprint density at radius 3 is 1.12 bits per heavy atom. The number of hydrogen-bond acceptors (Lipinski definition) is 25. The van der Waals surface area contributed by atoms with Crippen LogP contribution >= 0.6 is 0 Å². The normalized spacial score (nSPS) is 18.8. The fourth-order valence-corrected chi connectivity index (χ4v) is 22.4. The molecule has 20 aromatic rings. The van der Waals surface area contributed by atoms with E-state index >= 15 is 0 Å². The van der Waals surface area contributed by atoms with Gasteiger partial charge in [-0.2, -0.15) is 0 Å². The Hall–Kier alpha value is -15.9. The van der Waals surface area contributed by atoms with Crippen molar-refractivity contribution >= 4 is 112 Å². The molecule has 2 bridgehead atoms. The van der Waals surface area contributed by atoms with Crippen LogP contribution < -0.4 is 57.9 Å². The summed E-state index contributed by atoms with van der Waals surface area (Å²) in [6, 6.07) is 55.2. The Bertz CT molecular complexity index is 8930. The van der Waals surface area contributed by atoms with Gasteiger partial charge in [0.15, 0.2) is 34.4 Å². The van der Waals surface area contributed by atoms with E-state index in [4.69, 9.17) is 22.1 Å². The molecule has 34 heteroatoms. The van der Waals surface area contributed by atoms with E-state index in [1.54, 1.807) is 57.9 Å². The molecular formula is C114H108F4N20O10. The van der Waals surface area contributed by atoms with Crippen molar-refractivity contribution in [2.45, 2.75) is 96.4 Å². The van der Waals surface area contributed by atoms with Crippen molar-refractivity contribution in [2.24, 2.45) is 0 Å². The lowest BCUT2D eigenvalue weighted by Crippen LogP contribution is -2.52. The molecule has 23 heterocycles. The number of nitrogens with zero attached hydrogens (tertiary/aromatic N) is 19. The minimum atomic E-state index is -0.794. The maximum absolute atomic E-state index is 14.2. The molecular weight excluding hydrogens is 1890 g/mol. The van der Waals surface area contributed by atoms with E-state index in [9.17, 15) is 41.5 Å². The van der Waals surface area contributed by atoms with Crippen LogP contribution in [0.5, 0.6) is 0 Å². The summed E-state index contributed by atoms with van der Waals surface area (Å²) < 4.78 is 92.1. The Balaban J connectivity index is 0.0000000988. The number of halogens is 4. The Morgan fingerprint density at radius 1 is 0.318 bits per heavy atom. The van der Waals surface area contributed by atoms with Crippen LogP contribution in [0.15, 0.2) is 278 Å². The number of fused-ring (bicyclic) bond motifs is 14. The van der Waals surface area contributed by atoms with Gasteiger partial charge in [-0.15, -0.1) is 0 Å². The highest BCUT2D eigenvalue weighted by Gasteiger charge is 2.39. The predicted octanol–water partition coefficient (Wildman–Crippen LogP) is 17.4. The number of hydrogen-bond donors (Lipinski definition) is 1. The molecule has 148 heavy (non-hydrogen) atoms. The summed E-state index contributed by atoms with van der Waals surface area (Å²) >= 11 is 0. The van der Waals surface area contributed by atoms with Crippen LogP contribution in [0.2, 0.25) is 0 Å². The molecule has 28 rings (SSSR count). The first-order valence-electron chi connectivity index (χ1n) is 50.6. The SMILES string of the molecule is Cc1cc(F)c2nc(-c3cc4ccc(N5CCN(C)[C@H](C)C5)cc4oc3=O)cn2c1.Cc1ccn2cc(-c3cc4ccc(N5CCN6CCC[C@H]6C5)cc4oc3=O)nc2c1.Cc1ccn2cc(-c3cc4ccc(N5C[C@H]6CC[C@@H](C5)N6C)cc4oc3=O)nc2c1.O=c1oc2cc(N3CCN4CCC[C@@H]4C3)ccc2cc1-c1cn2cccc(F)c2n1.O=c1oc2cc(N3CCNCC3)ccc2cc1-c1cn2cc(F)cc(F)c2n1. The van der Waals surface area contributed by atoms with Crippen LogP contribution in [0, 0.1) is 44.0 Å². The molecule has 0 aliphatic carbocycles. The fraction of sp³-hybridized carbons (Fsp3) is 0.298. The molecule has 0 amide bonds. The van der Waals surface area contributed by atoms with Gasteiger partial charge in [-0.25, -0.2) is 66.5 Å². The van der Waals surface area contributed by atoms with Gasteiger partial charge in [-0.1, -0.05) is 0 Å². The molecule has 30 nitrogen and oxygen atoms in total. The van der Waals surface area contributed by atoms with Crippen molar-refractivity contribution in [3.05, 3.63) is 324 Å². The quantitative estimate of drug-likeness (QED) is 0.0983. The number of nitrogens with one attached hydrogen (secondary N) is 1. The average molecular weight is 1990 g/mol. The van der Waals surface area contributed by atoms with Crippen molar-refractivity contribution in [3.63, 3.8) is 0 Å². The van der Waals surface area contributed by atoms with Gasteiger partial charge in [0.1, 0.15) is 45.0 Å². The van der Waals surface area contributed by atoms with Gasteiger partial charge in [0, 0.05) is 282 Å². The third-order valence-corrected chi connectivity index (χ3v) is 30.7. The van der Waals surface area contributed by atoms with Crippen LogP contribution in [-0.2, 0) is 0 Å². The molecule has 752 valence electrons. The second-order valence-electron chi connectivity index (χ2n) is 40.4. The second kappa shape index (κ2) is 38.8. The smallest absolute Gasteiger partial charge is 0.345 e. The van der Waals surface area contributed by atoms with Gasteiger partial charge in [-0.3, -0.25) is 14.7 Å². The van der Waals surface area contributed by atoms with E-state index < -0.39 is 40.1 Å². The monoisotopic (exact) mass is 1990 g/mol. The standard InChI is InChI=1S/2C24H24N4O2.C23H21FN4O2.C23H23FN4O2.C20H16F2N4O2/c1-15-7-8-27-14-21(25-23(27)9-15)20-10-16-3-4-17(11-22(16)30-24(20)29)28-12-18-5-6-19(13-28)26(18)2;1-16-6-8-28-15-21(25-23(28)11-16)20-12-17-4-5-18(13-22(17)30-24(20)29)27-10-9-26-7-2-3-19(26)14-27;24-19-4-2-8-28-14-20(25-22(19)28)18-11-15-5-6-16(12-21(15)30-23(18)29)27-10-9-26-7-1-3-17(26)13-27;1-14-8-19(24)22-25-20(13-28(22)11-14)18-9-16-4-5-17(10-21(16)30-23(18)29)27-7-6-26(3)15(2)12-27;21-13-8-16(22)19-24-17(11-26(19)10-13)15-7-12-1-2-14(9-18(12)28-20(15)27)25-5-3-23-4-6-25/h3-4,7-11,14,18-19H,5-6,12-13H2,1-2H3;4-6,8,11-13,15,19H,2-3,7,9-10,14H2,1H3;2,4-6,8,11-12,14,17H,1,3,7,9-10,13H2;4-5,8-11,13,15H,6-7,12H2,1-3H3;1-2,7-11,23H,3-6H2/t18-,19+;19-;17-;15-;/m.011./s1. The largest absolute Gasteiger partial charge is 0.422 e. The first kappa shape index (κ1) is 94.4. The number of imidazole rings is 5. The Morgan fingerprint density at radius 2 is 0.689 bits per heavy atom. The minimum Gasteiger partial charge on any atom is -0.422 e. The van der Waals surface area contributed by atoms with Crippen molar-refractivity contribution in [2.75, 3.05) is 150 Å². The molecule has 5 aromatic carbocycles. The van der Waals surface area contributed by atoms with Crippen molar-refractivity contribution in [1.29, 1.82) is 0 Å². The number of rotatable bonds is 10. The topological polar surface area (TPSA) is 279 Å². The number of benzene rings is 5. The van der Waals surface area contributed by atoms with Crippen molar-refractivity contribution < 1.29 is 39.6 Å². The molecule has 0 radical (unpaired) electrons. The van der Waals surface area contributed by atoms with Crippen LogP contribution in [0.4, 0.5) is 46.0 Å². The zero-order valence-electron chi connectivity index (χ0n) is 82.7. The summed E-state index contributed by atoms with van der Waals surface area (Å²) in [5, 5.41) is 7.50. The predicted molar refractivity (Wildman–Crippen MR) is 567 cm³/mol. The number of pyridine rings is 5. The van der Waals surface area contributed by atoms with E-state index in [0.29, 0.717) is 103 Å². The third-order valence-electron chi connectivity index (χ3n) is 30.7. The maximum Gasteiger partial charge on any atom is 0.345 e. The van der Waals surface area contributed by atoms with Gasteiger partial charge in [-0.05, 0) is 244 Å². The molecule has 15 aromatic heterocycles. The molecule has 0 saturated carbocycles. The first-order valence-corrected chi connectivity index (χ1v) is 50.6. The molecule has 0 spiro atoms. The minimum absolute atomic E-state index is 0.0510. The van der Waals surface area contributed by atoms with Gasteiger partial charge < -0.3 is 78.8 Å². The molecule has 8 aliphatic heterocycles. The van der Waals surface area contributed by atoms with Gasteiger partial charge >= 0.3 is 28.1 Å². The summed E-state index contributed by atoms with van der Waals surface area (Å²) in [5.74, 6) is -2.37. The molecule has 5 atom stereocenters. The lowest BCUT2D eigenvalue weighted by molar-refractivity contribution is 0.212. The summed E-state index contributed by atoms with van der Waals surface area (Å²) in [6.45, 7) is 25.3. The summed E-state index contributed by atoms with van der Waals surface area (Å²) in [5.41, 5.74) is 15.2. The van der Waals surface area contributed by atoms with Gasteiger partial charge in [0.05, 0.1) is 56.3 Å². The van der Waals surface area contributed by atoms with Crippen molar-refractivity contribution in [1.82, 2.24) is 71.8 Å². The number of likely N-dealkylation sites (N-methyl/N-ethyl adjacent to an activating group) is 2. The molecule has 8 aliphatic rings. The van der Waals surface area contributed by atoms with E-state index in [0.717, 1.165) is 194 Å². The van der Waals surface area contributed by atoms with Crippen LogP contribution in [-0.4, -0.2) is 222 Å². The van der Waals surface area contributed by atoms with Gasteiger partial charge in [0.25, 0.3) is 0 Å². The maximum atomic E-state index is 14.2. The first-order chi connectivity index (χ1) is 71.8. The average Bonchev–Trinajstić information content (AvgIpc) is 1.53. The summed E-state index contributed by atoms with van der Waals surface area (Å²) in [6.07, 6.45) is 24.6. The zero-order chi connectivity index (χ0) is 101. The Labute approximate surface area is 844 Å². The molecule has 1 N–H and O–H groups in total. The number of aryl methyl sites for hydroxylation is 3. The van der Waals surface area contributed by atoms with Crippen LogP contribution in [0.1, 0.15) is 62.1 Å². The highest BCUT2D eigenvalue weighted by Crippen LogP contribution is 2.38. The van der Waals surface area contributed by atoms with Crippen LogP contribution in [0.3, 0.4) is 0 Å².